The van der Waals surface area contributed by atoms with Crippen LogP contribution in [0, 0.1) is 5.92 Å². The number of carboxylic acids is 1. The second-order valence-electron chi connectivity index (χ2n) is 4.99. The van der Waals surface area contributed by atoms with Crippen LogP contribution in [0.1, 0.15) is 12.8 Å². The summed E-state index contributed by atoms with van der Waals surface area (Å²) < 4.78 is 5.48. The van der Waals surface area contributed by atoms with Crippen molar-refractivity contribution < 1.29 is 19.4 Å². The van der Waals surface area contributed by atoms with Crippen LogP contribution in [-0.4, -0.2) is 48.2 Å². The quantitative estimate of drug-likeness (QED) is 0.807. The summed E-state index contributed by atoms with van der Waals surface area (Å²) >= 11 is 0. The number of likely N-dealkylation sites (tertiary alicyclic amines) is 1. The van der Waals surface area contributed by atoms with Crippen LogP contribution in [0.2, 0.25) is 0 Å². The fraction of sp³-hybridized carbons (Fsp3) is 0.467. The monoisotopic (exact) mass is 292 g/mol. The highest BCUT2D eigenvalue weighted by molar-refractivity contribution is 5.75. The van der Waals surface area contributed by atoms with E-state index in [1.807, 2.05) is 30.3 Å². The number of piperidine rings is 1. The summed E-state index contributed by atoms with van der Waals surface area (Å²) in [5, 5.41) is 11.7. The lowest BCUT2D eigenvalue weighted by Crippen LogP contribution is -2.46. The number of aliphatic carboxylic acids is 1. The van der Waals surface area contributed by atoms with Gasteiger partial charge in [0.15, 0.2) is 0 Å². The van der Waals surface area contributed by atoms with Gasteiger partial charge in [-0.2, -0.15) is 0 Å². The van der Waals surface area contributed by atoms with Crippen molar-refractivity contribution in [3.05, 3.63) is 30.3 Å². The number of nitrogens with one attached hydrogen (secondary N) is 1. The molecule has 0 spiro atoms. The number of carbonyl (C=O) groups is 2. The van der Waals surface area contributed by atoms with Crippen molar-refractivity contribution >= 4 is 12.0 Å². The molecule has 0 aromatic heterocycles. The van der Waals surface area contributed by atoms with E-state index >= 15 is 0 Å². The number of hydrogen-bond acceptors (Lipinski definition) is 3. The lowest BCUT2D eigenvalue weighted by atomic mass is 9.97. The summed E-state index contributed by atoms with van der Waals surface area (Å²) in [6.45, 7) is 1.80. The molecule has 1 fully saturated rings. The van der Waals surface area contributed by atoms with Crippen molar-refractivity contribution in [2.45, 2.75) is 12.8 Å². The second kappa shape index (κ2) is 7.52. The van der Waals surface area contributed by atoms with Crippen LogP contribution in [0.25, 0.3) is 0 Å². The summed E-state index contributed by atoms with van der Waals surface area (Å²) in [7, 11) is 0. The summed E-state index contributed by atoms with van der Waals surface area (Å²) in [6, 6.07) is 9.25. The van der Waals surface area contributed by atoms with E-state index in [-0.39, 0.29) is 11.9 Å². The van der Waals surface area contributed by atoms with Crippen LogP contribution < -0.4 is 10.1 Å². The normalized spacial score (nSPS) is 15.5. The Morgan fingerprint density at radius 3 is 2.52 bits per heavy atom. The zero-order valence-corrected chi connectivity index (χ0v) is 11.8. The number of nitrogens with zero attached hydrogens (tertiary/aromatic N) is 1. The van der Waals surface area contributed by atoms with Gasteiger partial charge >= 0.3 is 12.0 Å². The Kier molecular flexibility index (Phi) is 5.43. The molecular formula is C15H20N2O4. The van der Waals surface area contributed by atoms with E-state index < -0.39 is 5.97 Å². The number of hydrogen-bond donors (Lipinski definition) is 2. The fourth-order valence-corrected chi connectivity index (χ4v) is 2.28. The van der Waals surface area contributed by atoms with Gasteiger partial charge in [0.2, 0.25) is 0 Å². The van der Waals surface area contributed by atoms with Gasteiger partial charge in [-0.1, -0.05) is 18.2 Å². The highest BCUT2D eigenvalue weighted by Gasteiger charge is 2.26. The average Bonchev–Trinajstić information content (AvgIpc) is 2.52. The van der Waals surface area contributed by atoms with Gasteiger partial charge in [-0.05, 0) is 25.0 Å². The molecule has 6 nitrogen and oxygen atoms in total. The van der Waals surface area contributed by atoms with Crippen molar-refractivity contribution in [3.63, 3.8) is 0 Å². The molecule has 0 radical (unpaired) electrons. The van der Waals surface area contributed by atoms with E-state index in [0.29, 0.717) is 39.1 Å². The number of carbonyl (C=O) groups excluding carboxylic acids is 1. The first kappa shape index (κ1) is 15.2. The van der Waals surface area contributed by atoms with Crippen LogP contribution in [0.3, 0.4) is 0 Å². The lowest BCUT2D eigenvalue weighted by Gasteiger charge is -2.30. The number of benzene rings is 1. The third kappa shape index (κ3) is 4.66. The van der Waals surface area contributed by atoms with Gasteiger partial charge in [-0.25, -0.2) is 4.79 Å². The largest absolute Gasteiger partial charge is 0.492 e. The van der Waals surface area contributed by atoms with E-state index in [1.165, 1.54) is 0 Å². The molecule has 0 bridgehead atoms. The molecule has 114 valence electrons. The first-order valence-corrected chi connectivity index (χ1v) is 7.10. The third-order valence-corrected chi connectivity index (χ3v) is 3.52. The first-order valence-electron chi connectivity index (χ1n) is 7.10. The van der Waals surface area contributed by atoms with Gasteiger partial charge in [0, 0.05) is 13.1 Å². The third-order valence-electron chi connectivity index (χ3n) is 3.52. The molecule has 6 heteroatoms. The highest BCUT2D eigenvalue weighted by Crippen LogP contribution is 2.17. The van der Waals surface area contributed by atoms with Crippen molar-refractivity contribution in [3.8, 4) is 5.75 Å². The summed E-state index contributed by atoms with van der Waals surface area (Å²) in [5.41, 5.74) is 0. The van der Waals surface area contributed by atoms with Gasteiger partial charge in [-0.3, -0.25) is 4.79 Å². The Morgan fingerprint density at radius 2 is 1.90 bits per heavy atom. The fourth-order valence-electron chi connectivity index (χ4n) is 2.28. The van der Waals surface area contributed by atoms with Crippen molar-refractivity contribution in [2.75, 3.05) is 26.2 Å². The molecular weight excluding hydrogens is 272 g/mol. The number of ether oxygens (including phenoxy) is 1. The zero-order chi connectivity index (χ0) is 15.1. The van der Waals surface area contributed by atoms with Crippen molar-refractivity contribution in [1.29, 1.82) is 0 Å². The van der Waals surface area contributed by atoms with E-state index in [0.717, 1.165) is 5.75 Å². The average molecular weight is 292 g/mol. The number of carboxylic acid groups (broad SMARTS) is 1. The van der Waals surface area contributed by atoms with Crippen LogP contribution in [-0.2, 0) is 4.79 Å². The number of urea groups is 1. The minimum atomic E-state index is -0.772. The lowest BCUT2D eigenvalue weighted by molar-refractivity contribution is -0.143. The molecule has 1 saturated heterocycles. The molecule has 0 unspecified atom stereocenters. The van der Waals surface area contributed by atoms with Gasteiger partial charge in [0.05, 0.1) is 12.5 Å². The predicted molar refractivity (Wildman–Crippen MR) is 77.3 cm³/mol. The van der Waals surface area contributed by atoms with E-state index in [9.17, 15) is 9.59 Å². The smallest absolute Gasteiger partial charge is 0.317 e. The molecule has 0 aliphatic carbocycles. The molecule has 1 aliphatic heterocycles. The maximum Gasteiger partial charge on any atom is 0.317 e. The maximum atomic E-state index is 11.9. The molecule has 0 atom stereocenters. The number of para-hydroxylation sites is 1. The topological polar surface area (TPSA) is 78.9 Å². The molecule has 2 amide bonds. The SMILES string of the molecule is O=C(O)C1CCN(C(=O)NCCOc2ccccc2)CC1. The molecule has 1 aromatic carbocycles. The Hall–Kier alpha value is -2.24. The number of rotatable bonds is 5. The van der Waals surface area contributed by atoms with Gasteiger partial charge in [-0.15, -0.1) is 0 Å². The maximum absolute atomic E-state index is 11.9. The van der Waals surface area contributed by atoms with E-state index in [4.69, 9.17) is 9.84 Å². The molecule has 2 N–H and O–H groups in total. The van der Waals surface area contributed by atoms with Gasteiger partial charge < -0.3 is 20.1 Å². The molecule has 0 saturated carbocycles. The Morgan fingerprint density at radius 1 is 1.24 bits per heavy atom. The summed E-state index contributed by atoms with van der Waals surface area (Å²) in [5.74, 6) is -0.323. The predicted octanol–water partition coefficient (Wildman–Crippen LogP) is 1.57. The van der Waals surface area contributed by atoms with E-state index in [2.05, 4.69) is 5.32 Å². The Bertz CT molecular complexity index is 470. The molecule has 1 aromatic rings. The minimum Gasteiger partial charge on any atom is -0.492 e. The van der Waals surface area contributed by atoms with Crippen LogP contribution in [0.4, 0.5) is 4.79 Å². The van der Waals surface area contributed by atoms with Crippen LogP contribution >= 0.6 is 0 Å². The second-order valence-corrected chi connectivity index (χ2v) is 4.99. The number of amides is 2. The minimum absolute atomic E-state index is 0.157. The van der Waals surface area contributed by atoms with Gasteiger partial charge in [0.1, 0.15) is 12.4 Å². The van der Waals surface area contributed by atoms with Crippen molar-refractivity contribution in [1.82, 2.24) is 10.2 Å². The molecule has 21 heavy (non-hydrogen) atoms. The van der Waals surface area contributed by atoms with Crippen LogP contribution in [0.5, 0.6) is 5.75 Å². The highest BCUT2D eigenvalue weighted by atomic mass is 16.5. The molecule has 2 rings (SSSR count). The standard InChI is InChI=1S/C15H20N2O4/c18-14(19)12-6-9-17(10-7-12)15(20)16-8-11-21-13-4-2-1-3-5-13/h1-5,12H,6-11H2,(H,16,20)(H,18,19). The van der Waals surface area contributed by atoms with Gasteiger partial charge in [0.25, 0.3) is 0 Å². The summed E-state index contributed by atoms with van der Waals surface area (Å²) in [6.07, 6.45) is 1.03. The summed E-state index contributed by atoms with van der Waals surface area (Å²) in [4.78, 5) is 24.4. The first-order chi connectivity index (χ1) is 10.2. The molecule has 1 heterocycles. The van der Waals surface area contributed by atoms with Crippen molar-refractivity contribution in [2.24, 2.45) is 5.92 Å². The molecule has 1 aliphatic rings. The van der Waals surface area contributed by atoms with Crippen LogP contribution in [0.15, 0.2) is 30.3 Å². The zero-order valence-electron chi connectivity index (χ0n) is 11.8. The van der Waals surface area contributed by atoms with E-state index in [1.54, 1.807) is 4.90 Å². The Balaban J connectivity index is 1.63. The Labute approximate surface area is 123 Å².